The quantitative estimate of drug-likeness (QED) is 0.624. The van der Waals surface area contributed by atoms with E-state index in [1.807, 2.05) is 19.1 Å². The van der Waals surface area contributed by atoms with Gasteiger partial charge in [-0.1, -0.05) is 18.2 Å². The molecule has 0 aliphatic carbocycles. The van der Waals surface area contributed by atoms with Gasteiger partial charge in [-0.15, -0.1) is 0 Å². The van der Waals surface area contributed by atoms with Crippen LogP contribution in [0.4, 0.5) is 0 Å². The third-order valence-corrected chi connectivity index (χ3v) is 2.13. The molecule has 0 unspecified atom stereocenters. The van der Waals surface area contributed by atoms with Crippen LogP contribution in [0.3, 0.4) is 0 Å². The molecule has 0 bridgehead atoms. The smallest absolute Gasteiger partial charge is 0.127 e. The van der Waals surface area contributed by atoms with E-state index in [1.165, 1.54) is 11.1 Å². The van der Waals surface area contributed by atoms with Gasteiger partial charge >= 0.3 is 0 Å². The summed E-state index contributed by atoms with van der Waals surface area (Å²) < 4.78 is 10.5. The highest BCUT2D eigenvalue weighted by atomic mass is 16.6. The monoisotopic (exact) mass is 164 g/mol. The summed E-state index contributed by atoms with van der Waals surface area (Å²) >= 11 is 0. The van der Waals surface area contributed by atoms with E-state index < -0.39 is 0 Å². The summed E-state index contributed by atoms with van der Waals surface area (Å²) in [5, 5.41) is 0. The molecule has 0 saturated carbocycles. The van der Waals surface area contributed by atoms with Gasteiger partial charge in [0, 0.05) is 5.56 Å². The topological polar surface area (TPSA) is 21.8 Å². The predicted molar refractivity (Wildman–Crippen MR) is 46.4 cm³/mol. The molecule has 1 aromatic carbocycles. The van der Waals surface area contributed by atoms with Crippen LogP contribution in [0.5, 0.6) is 5.75 Å². The van der Waals surface area contributed by atoms with Crippen LogP contribution in [0.25, 0.3) is 0 Å². The zero-order valence-electron chi connectivity index (χ0n) is 7.33. The Morgan fingerprint density at radius 2 is 2.25 bits per heavy atom. The van der Waals surface area contributed by atoms with Crippen LogP contribution in [0.1, 0.15) is 17.2 Å². The van der Waals surface area contributed by atoms with E-state index in [0.29, 0.717) is 0 Å². The molecule has 0 spiro atoms. The van der Waals surface area contributed by atoms with Crippen molar-refractivity contribution < 1.29 is 9.47 Å². The van der Waals surface area contributed by atoms with Crippen LogP contribution in [0, 0.1) is 6.92 Å². The lowest BCUT2D eigenvalue weighted by Crippen LogP contribution is -1.92. The fourth-order valence-electron chi connectivity index (χ4n) is 1.44. The maximum absolute atomic E-state index is 5.30. The highest BCUT2D eigenvalue weighted by molar-refractivity contribution is 5.43. The number of hydrogen-bond acceptors (Lipinski definition) is 2. The molecule has 1 aliphatic rings. The van der Waals surface area contributed by atoms with Gasteiger partial charge in [0.2, 0.25) is 0 Å². The lowest BCUT2D eigenvalue weighted by molar-refractivity contribution is 0.381. The molecular formula is C10H12O2. The van der Waals surface area contributed by atoms with E-state index in [1.54, 1.807) is 7.11 Å². The molecule has 1 heterocycles. The number of benzene rings is 1. The van der Waals surface area contributed by atoms with Crippen LogP contribution in [-0.2, 0) is 4.74 Å². The Labute approximate surface area is 72.1 Å². The van der Waals surface area contributed by atoms with Gasteiger partial charge in [-0.25, -0.2) is 0 Å². The second-order valence-electron chi connectivity index (χ2n) is 3.02. The lowest BCUT2D eigenvalue weighted by Gasteiger charge is -2.08. The third kappa shape index (κ3) is 1.18. The van der Waals surface area contributed by atoms with Gasteiger partial charge in [-0.3, -0.25) is 0 Å². The second kappa shape index (κ2) is 2.79. The van der Waals surface area contributed by atoms with Crippen molar-refractivity contribution in [1.29, 1.82) is 0 Å². The van der Waals surface area contributed by atoms with E-state index in [2.05, 4.69) is 6.07 Å². The second-order valence-corrected chi connectivity index (χ2v) is 3.02. The number of para-hydroxylation sites is 1. The Bertz CT molecular complexity index is 290. The normalized spacial score (nSPS) is 20.7. The molecule has 64 valence electrons. The fourth-order valence-corrected chi connectivity index (χ4v) is 1.44. The SMILES string of the molecule is COc1c(C)cccc1[C@H]1CO1. The summed E-state index contributed by atoms with van der Waals surface area (Å²) in [6.07, 6.45) is 0.278. The van der Waals surface area contributed by atoms with Gasteiger partial charge in [0.25, 0.3) is 0 Å². The molecule has 1 aromatic rings. The first-order chi connectivity index (χ1) is 5.83. The molecule has 1 fully saturated rings. The van der Waals surface area contributed by atoms with Crippen LogP contribution in [0.15, 0.2) is 18.2 Å². The van der Waals surface area contributed by atoms with Gasteiger partial charge in [0.15, 0.2) is 0 Å². The Hall–Kier alpha value is -1.02. The largest absolute Gasteiger partial charge is 0.496 e. The van der Waals surface area contributed by atoms with Crippen molar-refractivity contribution in [1.82, 2.24) is 0 Å². The Morgan fingerprint density at radius 3 is 2.83 bits per heavy atom. The first-order valence-electron chi connectivity index (χ1n) is 4.08. The number of aryl methyl sites for hydroxylation is 1. The van der Waals surface area contributed by atoms with Crippen molar-refractivity contribution in [2.45, 2.75) is 13.0 Å². The molecule has 2 rings (SSSR count). The van der Waals surface area contributed by atoms with E-state index in [-0.39, 0.29) is 6.10 Å². The van der Waals surface area contributed by atoms with E-state index >= 15 is 0 Å². The average Bonchev–Trinajstić information content (AvgIpc) is 2.86. The third-order valence-electron chi connectivity index (χ3n) is 2.13. The molecule has 1 saturated heterocycles. The summed E-state index contributed by atoms with van der Waals surface area (Å²) in [7, 11) is 1.70. The minimum atomic E-state index is 0.278. The highest BCUT2D eigenvalue weighted by Gasteiger charge is 2.28. The van der Waals surface area contributed by atoms with Crippen LogP contribution < -0.4 is 4.74 Å². The fraction of sp³-hybridized carbons (Fsp3) is 0.400. The Kier molecular flexibility index (Phi) is 1.77. The summed E-state index contributed by atoms with van der Waals surface area (Å²) in [5.41, 5.74) is 2.35. The van der Waals surface area contributed by atoms with Crippen molar-refractivity contribution >= 4 is 0 Å². The van der Waals surface area contributed by atoms with Crippen molar-refractivity contribution in [3.05, 3.63) is 29.3 Å². The van der Waals surface area contributed by atoms with E-state index in [4.69, 9.17) is 9.47 Å². The molecule has 0 radical (unpaired) electrons. The van der Waals surface area contributed by atoms with Crippen molar-refractivity contribution in [2.24, 2.45) is 0 Å². The first kappa shape index (κ1) is 7.62. The maximum atomic E-state index is 5.30. The van der Waals surface area contributed by atoms with Crippen LogP contribution in [-0.4, -0.2) is 13.7 Å². The zero-order valence-corrected chi connectivity index (χ0v) is 7.33. The molecule has 0 amide bonds. The minimum Gasteiger partial charge on any atom is -0.496 e. The summed E-state index contributed by atoms with van der Waals surface area (Å²) in [6, 6.07) is 6.14. The van der Waals surface area contributed by atoms with Gasteiger partial charge in [0.1, 0.15) is 11.9 Å². The van der Waals surface area contributed by atoms with Crippen molar-refractivity contribution in [3.63, 3.8) is 0 Å². The standard InChI is InChI=1S/C10H12O2/c1-7-4-3-5-8(9-6-12-9)10(7)11-2/h3-5,9H,6H2,1-2H3/t9-/m1/s1. The van der Waals surface area contributed by atoms with Crippen LogP contribution >= 0.6 is 0 Å². The number of epoxide rings is 1. The Balaban J connectivity index is 2.43. The number of methoxy groups -OCH3 is 1. The lowest BCUT2D eigenvalue weighted by atomic mass is 10.1. The number of rotatable bonds is 2. The van der Waals surface area contributed by atoms with Gasteiger partial charge < -0.3 is 9.47 Å². The predicted octanol–water partition coefficient (Wildman–Crippen LogP) is 2.07. The molecule has 2 heteroatoms. The molecule has 1 aliphatic heterocycles. The van der Waals surface area contributed by atoms with E-state index in [9.17, 15) is 0 Å². The highest BCUT2D eigenvalue weighted by Crippen LogP contribution is 2.37. The Morgan fingerprint density at radius 1 is 1.50 bits per heavy atom. The van der Waals surface area contributed by atoms with Gasteiger partial charge in [-0.05, 0) is 12.5 Å². The van der Waals surface area contributed by atoms with Crippen molar-refractivity contribution in [2.75, 3.05) is 13.7 Å². The zero-order chi connectivity index (χ0) is 8.55. The maximum Gasteiger partial charge on any atom is 0.127 e. The van der Waals surface area contributed by atoms with Crippen LogP contribution in [0.2, 0.25) is 0 Å². The summed E-state index contributed by atoms with van der Waals surface area (Å²) in [6.45, 7) is 2.88. The molecule has 12 heavy (non-hydrogen) atoms. The molecule has 0 N–H and O–H groups in total. The molecule has 0 aromatic heterocycles. The van der Waals surface area contributed by atoms with Gasteiger partial charge in [-0.2, -0.15) is 0 Å². The first-order valence-corrected chi connectivity index (χ1v) is 4.08. The summed E-state index contributed by atoms with van der Waals surface area (Å²) in [4.78, 5) is 0. The molecular weight excluding hydrogens is 152 g/mol. The minimum absolute atomic E-state index is 0.278. The average molecular weight is 164 g/mol. The van der Waals surface area contributed by atoms with E-state index in [0.717, 1.165) is 12.4 Å². The number of ether oxygens (including phenoxy) is 2. The summed E-state index contributed by atoms with van der Waals surface area (Å²) in [5.74, 6) is 0.972. The molecule has 1 atom stereocenters. The number of hydrogen-bond donors (Lipinski definition) is 0. The molecule has 2 nitrogen and oxygen atoms in total. The van der Waals surface area contributed by atoms with Gasteiger partial charge in [0.05, 0.1) is 13.7 Å². The van der Waals surface area contributed by atoms with Crippen molar-refractivity contribution in [3.8, 4) is 5.75 Å².